The Balaban J connectivity index is 2.93. The Labute approximate surface area is 97.5 Å². The van der Waals surface area contributed by atoms with Crippen LogP contribution < -0.4 is 5.32 Å². The van der Waals surface area contributed by atoms with Gasteiger partial charge in [-0.1, -0.05) is 13.0 Å². The minimum Gasteiger partial charge on any atom is -0.385 e. The molecule has 0 bridgehead atoms. The minimum atomic E-state index is 0.0412. The zero-order chi connectivity index (χ0) is 12.1. The Morgan fingerprint density at radius 2 is 2.06 bits per heavy atom. The van der Waals surface area contributed by atoms with Crippen molar-refractivity contribution in [3.8, 4) is 0 Å². The summed E-state index contributed by atoms with van der Waals surface area (Å²) in [7, 11) is 3.53. The number of hydrogen-bond donors (Lipinski definition) is 1. The number of anilines is 1. The summed E-state index contributed by atoms with van der Waals surface area (Å²) in [6, 6.07) is 5.77. The molecular formula is C13H20N2O. The SMILES string of the molecule is CCCNc1cc(C(=O)N(C)C)ccc1C. The number of carbonyl (C=O) groups excluding carboxylic acids is 1. The predicted octanol–water partition coefficient (Wildman–Crippen LogP) is 2.52. The molecule has 0 unspecified atom stereocenters. The Kier molecular flexibility index (Phi) is 4.35. The zero-order valence-electron chi connectivity index (χ0n) is 10.5. The summed E-state index contributed by atoms with van der Waals surface area (Å²) < 4.78 is 0. The highest BCUT2D eigenvalue weighted by molar-refractivity contribution is 5.95. The van der Waals surface area contributed by atoms with Crippen molar-refractivity contribution >= 4 is 11.6 Å². The molecule has 1 rings (SSSR count). The van der Waals surface area contributed by atoms with Gasteiger partial charge < -0.3 is 10.2 Å². The van der Waals surface area contributed by atoms with Crippen LogP contribution >= 0.6 is 0 Å². The highest BCUT2D eigenvalue weighted by Crippen LogP contribution is 2.17. The van der Waals surface area contributed by atoms with E-state index in [2.05, 4.69) is 12.2 Å². The van der Waals surface area contributed by atoms with Crippen molar-refractivity contribution in [3.63, 3.8) is 0 Å². The van der Waals surface area contributed by atoms with Crippen LogP contribution in [0.3, 0.4) is 0 Å². The Bertz CT molecular complexity index is 372. The molecule has 0 aromatic heterocycles. The van der Waals surface area contributed by atoms with Gasteiger partial charge in [-0.3, -0.25) is 4.79 Å². The van der Waals surface area contributed by atoms with E-state index < -0.39 is 0 Å². The molecule has 0 atom stereocenters. The predicted molar refractivity (Wildman–Crippen MR) is 68.0 cm³/mol. The molecule has 0 aliphatic heterocycles. The summed E-state index contributed by atoms with van der Waals surface area (Å²) in [5.74, 6) is 0.0412. The van der Waals surface area contributed by atoms with Crippen molar-refractivity contribution in [1.82, 2.24) is 4.90 Å². The zero-order valence-corrected chi connectivity index (χ0v) is 10.5. The fraction of sp³-hybridized carbons (Fsp3) is 0.462. The molecule has 0 aliphatic carbocycles. The maximum absolute atomic E-state index is 11.8. The van der Waals surface area contributed by atoms with Crippen molar-refractivity contribution < 1.29 is 4.79 Å². The van der Waals surface area contributed by atoms with E-state index in [0.717, 1.165) is 24.2 Å². The second-order valence-corrected chi connectivity index (χ2v) is 4.16. The van der Waals surface area contributed by atoms with Crippen molar-refractivity contribution in [2.24, 2.45) is 0 Å². The number of amides is 1. The van der Waals surface area contributed by atoms with Crippen LogP contribution in [0.5, 0.6) is 0 Å². The molecule has 0 heterocycles. The lowest BCUT2D eigenvalue weighted by Crippen LogP contribution is -2.21. The van der Waals surface area contributed by atoms with Crippen molar-refractivity contribution in [3.05, 3.63) is 29.3 Å². The number of rotatable bonds is 4. The average Bonchev–Trinajstić information content (AvgIpc) is 2.27. The summed E-state index contributed by atoms with van der Waals surface area (Å²) in [6.45, 7) is 5.10. The molecule has 16 heavy (non-hydrogen) atoms. The molecule has 0 aliphatic rings. The van der Waals surface area contributed by atoms with Gasteiger partial charge in [-0.05, 0) is 31.0 Å². The molecule has 0 saturated carbocycles. The van der Waals surface area contributed by atoms with Gasteiger partial charge in [-0.25, -0.2) is 0 Å². The number of nitrogens with one attached hydrogen (secondary N) is 1. The third-order valence-corrected chi connectivity index (χ3v) is 2.46. The summed E-state index contributed by atoms with van der Waals surface area (Å²) >= 11 is 0. The quantitative estimate of drug-likeness (QED) is 0.845. The number of carbonyl (C=O) groups is 1. The minimum absolute atomic E-state index is 0.0412. The second-order valence-electron chi connectivity index (χ2n) is 4.16. The third-order valence-electron chi connectivity index (χ3n) is 2.46. The molecule has 88 valence electrons. The molecule has 0 fully saturated rings. The van der Waals surface area contributed by atoms with Crippen LogP contribution in [0.2, 0.25) is 0 Å². The molecule has 1 amide bonds. The summed E-state index contributed by atoms with van der Waals surface area (Å²) in [4.78, 5) is 13.4. The molecule has 1 N–H and O–H groups in total. The lowest BCUT2D eigenvalue weighted by atomic mass is 10.1. The first kappa shape index (κ1) is 12.6. The van der Waals surface area contributed by atoms with Crippen LogP contribution in [0.15, 0.2) is 18.2 Å². The maximum atomic E-state index is 11.8. The molecular weight excluding hydrogens is 200 g/mol. The Morgan fingerprint density at radius 1 is 1.38 bits per heavy atom. The van der Waals surface area contributed by atoms with E-state index >= 15 is 0 Å². The van der Waals surface area contributed by atoms with Gasteiger partial charge in [0.25, 0.3) is 5.91 Å². The average molecular weight is 220 g/mol. The normalized spacial score (nSPS) is 10.0. The monoisotopic (exact) mass is 220 g/mol. The summed E-state index contributed by atoms with van der Waals surface area (Å²) in [6.07, 6.45) is 1.07. The van der Waals surface area contributed by atoms with E-state index in [1.807, 2.05) is 25.1 Å². The molecule has 0 radical (unpaired) electrons. The fourth-order valence-electron chi connectivity index (χ4n) is 1.46. The number of nitrogens with zero attached hydrogens (tertiary/aromatic N) is 1. The van der Waals surface area contributed by atoms with Gasteiger partial charge in [0.05, 0.1) is 0 Å². The topological polar surface area (TPSA) is 32.3 Å². The van der Waals surface area contributed by atoms with Crippen LogP contribution in [0, 0.1) is 6.92 Å². The van der Waals surface area contributed by atoms with Crippen molar-refractivity contribution in [2.75, 3.05) is 26.0 Å². The van der Waals surface area contributed by atoms with E-state index in [4.69, 9.17) is 0 Å². The second kappa shape index (κ2) is 5.54. The van der Waals surface area contributed by atoms with E-state index in [-0.39, 0.29) is 5.91 Å². The fourth-order valence-corrected chi connectivity index (χ4v) is 1.46. The Hall–Kier alpha value is -1.51. The van der Waals surface area contributed by atoms with Crippen LogP contribution in [0.4, 0.5) is 5.69 Å². The van der Waals surface area contributed by atoms with Crippen LogP contribution in [-0.4, -0.2) is 31.4 Å². The van der Waals surface area contributed by atoms with E-state index in [1.54, 1.807) is 19.0 Å². The molecule has 3 heteroatoms. The number of aryl methyl sites for hydroxylation is 1. The van der Waals surface area contributed by atoms with Gasteiger partial charge in [0.15, 0.2) is 0 Å². The first-order valence-corrected chi connectivity index (χ1v) is 5.62. The highest BCUT2D eigenvalue weighted by atomic mass is 16.2. The van der Waals surface area contributed by atoms with Gasteiger partial charge in [0, 0.05) is 31.9 Å². The molecule has 0 saturated heterocycles. The van der Waals surface area contributed by atoms with Crippen LogP contribution in [0.25, 0.3) is 0 Å². The first-order valence-electron chi connectivity index (χ1n) is 5.62. The molecule has 1 aromatic rings. The lowest BCUT2D eigenvalue weighted by molar-refractivity contribution is 0.0827. The van der Waals surface area contributed by atoms with Gasteiger partial charge in [0.1, 0.15) is 0 Å². The van der Waals surface area contributed by atoms with E-state index in [1.165, 1.54) is 5.56 Å². The first-order chi connectivity index (χ1) is 7.56. The molecule has 3 nitrogen and oxygen atoms in total. The lowest BCUT2D eigenvalue weighted by Gasteiger charge is -2.13. The standard InChI is InChI=1S/C13H20N2O/c1-5-8-14-12-9-11(7-6-10(12)2)13(16)15(3)4/h6-7,9,14H,5,8H2,1-4H3. The van der Waals surface area contributed by atoms with E-state index in [9.17, 15) is 4.79 Å². The van der Waals surface area contributed by atoms with Gasteiger partial charge in [-0.2, -0.15) is 0 Å². The smallest absolute Gasteiger partial charge is 0.253 e. The third kappa shape index (κ3) is 2.99. The van der Waals surface area contributed by atoms with Crippen LogP contribution in [0.1, 0.15) is 29.3 Å². The highest BCUT2D eigenvalue weighted by Gasteiger charge is 2.09. The maximum Gasteiger partial charge on any atom is 0.253 e. The number of benzene rings is 1. The molecule has 0 spiro atoms. The summed E-state index contributed by atoms with van der Waals surface area (Å²) in [5.41, 5.74) is 2.95. The summed E-state index contributed by atoms with van der Waals surface area (Å²) in [5, 5.41) is 3.33. The Morgan fingerprint density at radius 3 is 2.62 bits per heavy atom. The van der Waals surface area contributed by atoms with Gasteiger partial charge >= 0.3 is 0 Å². The van der Waals surface area contributed by atoms with Crippen LogP contribution in [-0.2, 0) is 0 Å². The van der Waals surface area contributed by atoms with Crippen molar-refractivity contribution in [1.29, 1.82) is 0 Å². The largest absolute Gasteiger partial charge is 0.385 e. The number of hydrogen-bond acceptors (Lipinski definition) is 2. The van der Waals surface area contributed by atoms with Gasteiger partial charge in [-0.15, -0.1) is 0 Å². The van der Waals surface area contributed by atoms with Crippen molar-refractivity contribution in [2.45, 2.75) is 20.3 Å². The molecule has 1 aromatic carbocycles. The van der Waals surface area contributed by atoms with Gasteiger partial charge in [0.2, 0.25) is 0 Å². The van der Waals surface area contributed by atoms with E-state index in [0.29, 0.717) is 0 Å².